The molecular formula is C21H21F3N2O4. The maximum Gasteiger partial charge on any atom is 0.268 e. The monoisotopic (exact) mass is 422 g/mol. The maximum atomic E-state index is 13.8. The summed E-state index contributed by atoms with van der Waals surface area (Å²) in [4.78, 5) is 26.6. The standard InChI is InChI=1S/C21H21F3N2O4/c1-3-10-26(11-17(27)25-14-9-8-13(22)18(23)19(14)24)21(28)20-12(2)29-15-6-4-5-7-16(15)30-20/h4-9,12,20H,3,10-11H2,1-2H3,(H,25,27). The lowest BCUT2D eigenvalue weighted by atomic mass is 10.1. The second-order valence-electron chi connectivity index (χ2n) is 6.84. The molecule has 1 N–H and O–H groups in total. The van der Waals surface area contributed by atoms with Crippen molar-refractivity contribution in [2.45, 2.75) is 32.5 Å². The number of benzene rings is 2. The SMILES string of the molecule is CCCN(CC(=O)Nc1ccc(F)c(F)c1F)C(=O)C1Oc2ccccc2OC1C. The molecule has 30 heavy (non-hydrogen) atoms. The molecule has 0 radical (unpaired) electrons. The van der Waals surface area contributed by atoms with Crippen LogP contribution in [-0.4, -0.2) is 42.0 Å². The lowest BCUT2D eigenvalue weighted by molar-refractivity contribution is -0.146. The smallest absolute Gasteiger partial charge is 0.268 e. The zero-order chi connectivity index (χ0) is 21.8. The third kappa shape index (κ3) is 4.50. The predicted octanol–water partition coefficient (Wildman–Crippen LogP) is 3.51. The summed E-state index contributed by atoms with van der Waals surface area (Å²) in [5.74, 6) is -4.86. The minimum atomic E-state index is -1.69. The summed E-state index contributed by atoms with van der Waals surface area (Å²) in [6.45, 7) is 3.32. The molecule has 2 aromatic carbocycles. The van der Waals surface area contributed by atoms with E-state index in [-0.39, 0.29) is 6.54 Å². The summed E-state index contributed by atoms with van der Waals surface area (Å²) >= 11 is 0. The molecule has 1 aliphatic heterocycles. The van der Waals surface area contributed by atoms with Crippen LogP contribution >= 0.6 is 0 Å². The fraction of sp³-hybridized carbons (Fsp3) is 0.333. The van der Waals surface area contributed by atoms with Crippen LogP contribution < -0.4 is 14.8 Å². The first-order chi connectivity index (χ1) is 14.3. The predicted molar refractivity (Wildman–Crippen MR) is 103 cm³/mol. The van der Waals surface area contributed by atoms with E-state index in [4.69, 9.17) is 9.47 Å². The van der Waals surface area contributed by atoms with Crippen molar-refractivity contribution in [2.24, 2.45) is 0 Å². The maximum absolute atomic E-state index is 13.8. The number of hydrogen-bond acceptors (Lipinski definition) is 4. The number of fused-ring (bicyclic) bond motifs is 1. The molecule has 0 spiro atoms. The summed E-state index contributed by atoms with van der Waals surface area (Å²) < 4.78 is 51.7. The van der Waals surface area contributed by atoms with Crippen LogP contribution in [0, 0.1) is 17.5 Å². The van der Waals surface area contributed by atoms with Gasteiger partial charge >= 0.3 is 0 Å². The molecule has 2 unspecified atom stereocenters. The summed E-state index contributed by atoms with van der Waals surface area (Å²) in [5, 5.41) is 2.17. The number of halogens is 3. The van der Waals surface area contributed by atoms with E-state index in [9.17, 15) is 22.8 Å². The van der Waals surface area contributed by atoms with Gasteiger partial charge in [-0.1, -0.05) is 19.1 Å². The normalized spacial score (nSPS) is 17.4. The first-order valence-corrected chi connectivity index (χ1v) is 9.46. The second-order valence-corrected chi connectivity index (χ2v) is 6.84. The summed E-state index contributed by atoms with van der Waals surface area (Å²) in [7, 11) is 0. The molecule has 1 aliphatic rings. The van der Waals surface area contributed by atoms with Crippen LogP contribution in [0.1, 0.15) is 20.3 Å². The van der Waals surface area contributed by atoms with E-state index in [1.54, 1.807) is 31.2 Å². The molecule has 3 rings (SSSR count). The fourth-order valence-corrected chi connectivity index (χ4v) is 3.09. The van der Waals surface area contributed by atoms with Gasteiger partial charge in [-0.2, -0.15) is 0 Å². The Labute approximate surface area is 171 Å². The number of hydrogen-bond donors (Lipinski definition) is 1. The molecule has 0 aliphatic carbocycles. The average molecular weight is 422 g/mol. The Morgan fingerprint density at radius 3 is 2.37 bits per heavy atom. The van der Waals surface area contributed by atoms with Crippen molar-refractivity contribution in [3.8, 4) is 11.5 Å². The number of para-hydroxylation sites is 2. The quantitative estimate of drug-likeness (QED) is 0.724. The minimum Gasteiger partial charge on any atom is -0.482 e. The number of nitrogens with zero attached hydrogens (tertiary/aromatic N) is 1. The van der Waals surface area contributed by atoms with Crippen LogP contribution in [0.25, 0.3) is 0 Å². The topological polar surface area (TPSA) is 67.9 Å². The third-order valence-corrected chi connectivity index (χ3v) is 4.53. The van der Waals surface area contributed by atoms with Crippen LogP contribution in [0.5, 0.6) is 11.5 Å². The van der Waals surface area contributed by atoms with Gasteiger partial charge in [0.1, 0.15) is 6.10 Å². The molecule has 0 fully saturated rings. The molecular weight excluding hydrogens is 401 g/mol. The number of amides is 2. The van der Waals surface area contributed by atoms with Crippen molar-refractivity contribution in [2.75, 3.05) is 18.4 Å². The van der Waals surface area contributed by atoms with Gasteiger partial charge in [0.25, 0.3) is 5.91 Å². The van der Waals surface area contributed by atoms with Crippen LogP contribution in [0.15, 0.2) is 36.4 Å². The zero-order valence-electron chi connectivity index (χ0n) is 16.5. The highest BCUT2D eigenvalue weighted by molar-refractivity contribution is 5.95. The van der Waals surface area contributed by atoms with Crippen molar-refractivity contribution < 1.29 is 32.2 Å². The molecule has 0 bridgehead atoms. The molecule has 6 nitrogen and oxygen atoms in total. The number of nitrogens with one attached hydrogen (secondary N) is 1. The molecule has 0 saturated carbocycles. The minimum absolute atomic E-state index is 0.237. The number of rotatable bonds is 6. The van der Waals surface area contributed by atoms with Crippen molar-refractivity contribution in [1.29, 1.82) is 0 Å². The van der Waals surface area contributed by atoms with Gasteiger partial charge < -0.3 is 19.7 Å². The van der Waals surface area contributed by atoms with E-state index in [1.807, 2.05) is 6.92 Å². The first-order valence-electron chi connectivity index (χ1n) is 9.46. The Hall–Kier alpha value is -3.23. The number of ether oxygens (including phenoxy) is 2. The second kappa shape index (κ2) is 9.06. The average Bonchev–Trinajstić information content (AvgIpc) is 2.73. The molecule has 0 aromatic heterocycles. The summed E-state index contributed by atoms with van der Waals surface area (Å²) in [5.41, 5.74) is -0.512. The summed E-state index contributed by atoms with van der Waals surface area (Å²) in [6, 6.07) is 8.53. The lowest BCUT2D eigenvalue weighted by Gasteiger charge is -2.34. The van der Waals surface area contributed by atoms with Gasteiger partial charge in [-0.25, -0.2) is 13.2 Å². The van der Waals surface area contributed by atoms with E-state index >= 15 is 0 Å². The van der Waals surface area contributed by atoms with Gasteiger partial charge in [-0.15, -0.1) is 0 Å². The zero-order valence-corrected chi connectivity index (χ0v) is 16.5. The summed E-state index contributed by atoms with van der Waals surface area (Å²) in [6.07, 6.45) is -1.02. The number of carbonyl (C=O) groups excluding carboxylic acids is 2. The van der Waals surface area contributed by atoms with Gasteiger partial charge in [0.2, 0.25) is 12.0 Å². The largest absolute Gasteiger partial charge is 0.482 e. The van der Waals surface area contributed by atoms with Crippen molar-refractivity contribution in [3.05, 3.63) is 53.8 Å². The van der Waals surface area contributed by atoms with E-state index < -0.39 is 53.7 Å². The number of anilines is 1. The fourth-order valence-electron chi connectivity index (χ4n) is 3.09. The van der Waals surface area contributed by atoms with E-state index in [0.29, 0.717) is 24.0 Å². The number of carbonyl (C=O) groups is 2. The van der Waals surface area contributed by atoms with Gasteiger partial charge in [0, 0.05) is 6.54 Å². The first kappa shape index (κ1) is 21.5. The Morgan fingerprint density at radius 1 is 1.03 bits per heavy atom. The van der Waals surface area contributed by atoms with Crippen LogP contribution in [0.3, 0.4) is 0 Å². The highest BCUT2D eigenvalue weighted by Crippen LogP contribution is 2.34. The molecule has 0 saturated heterocycles. The Balaban J connectivity index is 1.72. The van der Waals surface area contributed by atoms with Gasteiger partial charge in [0.15, 0.2) is 29.0 Å². The lowest BCUT2D eigenvalue weighted by Crippen LogP contribution is -2.52. The van der Waals surface area contributed by atoms with Gasteiger partial charge in [-0.3, -0.25) is 9.59 Å². The van der Waals surface area contributed by atoms with E-state index in [0.717, 1.165) is 6.07 Å². The highest BCUT2D eigenvalue weighted by Gasteiger charge is 2.37. The van der Waals surface area contributed by atoms with Crippen molar-refractivity contribution in [1.82, 2.24) is 4.90 Å². The molecule has 1 heterocycles. The van der Waals surface area contributed by atoms with Gasteiger partial charge in [-0.05, 0) is 37.6 Å². The van der Waals surface area contributed by atoms with Gasteiger partial charge in [0.05, 0.1) is 12.2 Å². The highest BCUT2D eigenvalue weighted by atomic mass is 19.2. The van der Waals surface area contributed by atoms with Crippen LogP contribution in [0.2, 0.25) is 0 Å². The Morgan fingerprint density at radius 2 is 1.70 bits per heavy atom. The van der Waals surface area contributed by atoms with E-state index in [1.165, 1.54) is 4.90 Å². The Kier molecular flexibility index (Phi) is 6.49. The Bertz CT molecular complexity index is 954. The van der Waals surface area contributed by atoms with Crippen molar-refractivity contribution in [3.63, 3.8) is 0 Å². The molecule has 160 valence electrons. The molecule has 2 atom stereocenters. The molecule has 2 aromatic rings. The third-order valence-electron chi connectivity index (χ3n) is 4.53. The van der Waals surface area contributed by atoms with Crippen molar-refractivity contribution >= 4 is 17.5 Å². The molecule has 9 heteroatoms. The van der Waals surface area contributed by atoms with Crippen LogP contribution in [0.4, 0.5) is 18.9 Å². The molecule has 2 amide bonds. The van der Waals surface area contributed by atoms with Crippen LogP contribution in [-0.2, 0) is 9.59 Å². The van der Waals surface area contributed by atoms with E-state index in [2.05, 4.69) is 5.32 Å².